The number of carboxylic acids is 1. The first-order chi connectivity index (χ1) is 7.94. The molecule has 1 aliphatic carbocycles. The van der Waals surface area contributed by atoms with Gasteiger partial charge in [-0.05, 0) is 37.5 Å². The van der Waals surface area contributed by atoms with Gasteiger partial charge >= 0.3 is 5.97 Å². The van der Waals surface area contributed by atoms with E-state index in [4.69, 9.17) is 16.7 Å². The molecule has 0 saturated heterocycles. The number of carboxylic acid groups (broad SMARTS) is 1. The van der Waals surface area contributed by atoms with E-state index in [9.17, 15) is 9.59 Å². The second kappa shape index (κ2) is 4.04. The van der Waals surface area contributed by atoms with Crippen molar-refractivity contribution < 1.29 is 14.7 Å². The van der Waals surface area contributed by atoms with E-state index in [1.807, 2.05) is 6.92 Å². The third-order valence-corrected chi connectivity index (χ3v) is 3.35. The van der Waals surface area contributed by atoms with Crippen molar-refractivity contribution >= 4 is 23.5 Å². The van der Waals surface area contributed by atoms with Gasteiger partial charge in [-0.25, -0.2) is 4.79 Å². The molecule has 1 fully saturated rings. The molecule has 1 aliphatic rings. The molecule has 1 aromatic carbocycles. The van der Waals surface area contributed by atoms with E-state index in [1.54, 1.807) is 18.2 Å². The molecule has 5 heteroatoms. The summed E-state index contributed by atoms with van der Waals surface area (Å²) in [5, 5.41) is 12.0. The van der Waals surface area contributed by atoms with Gasteiger partial charge in [0.2, 0.25) is 0 Å². The molecule has 0 aromatic heterocycles. The lowest BCUT2D eigenvalue weighted by molar-refractivity contribution is -0.140. The molecule has 2 rings (SSSR count). The lowest BCUT2D eigenvalue weighted by Crippen LogP contribution is -2.43. The summed E-state index contributed by atoms with van der Waals surface area (Å²) in [6.07, 6.45) is 0.960. The highest BCUT2D eigenvalue weighted by atomic mass is 35.5. The van der Waals surface area contributed by atoms with Crippen molar-refractivity contribution in [1.82, 2.24) is 5.32 Å². The molecule has 0 heterocycles. The zero-order valence-corrected chi connectivity index (χ0v) is 10.0. The first kappa shape index (κ1) is 11.9. The summed E-state index contributed by atoms with van der Waals surface area (Å²) >= 11 is 5.91. The Morgan fingerprint density at radius 2 is 2.06 bits per heavy atom. The van der Waals surface area contributed by atoms with E-state index in [-0.39, 0.29) is 0 Å². The number of benzene rings is 1. The van der Waals surface area contributed by atoms with E-state index in [1.165, 1.54) is 0 Å². The number of hydrogen-bond donors (Lipinski definition) is 2. The number of aliphatic carboxylic acids is 1. The van der Waals surface area contributed by atoms with Gasteiger partial charge in [0.05, 0.1) is 0 Å². The molecule has 17 heavy (non-hydrogen) atoms. The molecule has 0 radical (unpaired) electrons. The first-order valence-corrected chi connectivity index (χ1v) is 5.64. The Kier molecular flexibility index (Phi) is 2.83. The number of nitrogens with one attached hydrogen (secondary N) is 1. The summed E-state index contributed by atoms with van der Waals surface area (Å²) in [5.41, 5.74) is 0.199. The average molecular weight is 254 g/mol. The zero-order chi connectivity index (χ0) is 12.6. The van der Waals surface area contributed by atoms with Gasteiger partial charge in [0.25, 0.3) is 5.91 Å². The minimum absolute atomic E-state index is 0.383. The minimum atomic E-state index is -1.06. The molecular formula is C12H12ClNO3. The van der Waals surface area contributed by atoms with Crippen LogP contribution in [0.4, 0.5) is 0 Å². The maximum absolute atomic E-state index is 11.8. The SMILES string of the molecule is Cc1ccc(C(=O)NC2(C(=O)O)CC2)cc1Cl. The Morgan fingerprint density at radius 3 is 2.53 bits per heavy atom. The highest BCUT2D eigenvalue weighted by Crippen LogP contribution is 2.35. The number of aryl methyl sites for hydroxylation is 1. The minimum Gasteiger partial charge on any atom is -0.480 e. The highest BCUT2D eigenvalue weighted by molar-refractivity contribution is 6.31. The van der Waals surface area contributed by atoms with Crippen molar-refractivity contribution in [2.24, 2.45) is 0 Å². The third-order valence-electron chi connectivity index (χ3n) is 2.95. The van der Waals surface area contributed by atoms with E-state index >= 15 is 0 Å². The van der Waals surface area contributed by atoms with Crippen LogP contribution in [0.1, 0.15) is 28.8 Å². The fourth-order valence-electron chi connectivity index (χ4n) is 1.54. The molecule has 2 N–H and O–H groups in total. The van der Waals surface area contributed by atoms with E-state index in [0.29, 0.717) is 23.4 Å². The zero-order valence-electron chi connectivity index (χ0n) is 9.29. The summed E-state index contributed by atoms with van der Waals surface area (Å²) < 4.78 is 0. The normalized spacial score (nSPS) is 16.4. The largest absolute Gasteiger partial charge is 0.480 e. The number of halogens is 1. The number of hydrogen-bond acceptors (Lipinski definition) is 2. The van der Waals surface area contributed by atoms with Gasteiger partial charge in [-0.2, -0.15) is 0 Å². The van der Waals surface area contributed by atoms with Crippen molar-refractivity contribution in [2.45, 2.75) is 25.3 Å². The molecule has 90 valence electrons. The van der Waals surface area contributed by atoms with Gasteiger partial charge < -0.3 is 10.4 Å². The Balaban J connectivity index is 2.15. The quantitative estimate of drug-likeness (QED) is 0.866. The lowest BCUT2D eigenvalue weighted by atomic mass is 10.1. The second-order valence-electron chi connectivity index (χ2n) is 4.31. The summed E-state index contributed by atoms with van der Waals surface area (Å²) in [6.45, 7) is 1.84. The summed E-state index contributed by atoms with van der Waals surface area (Å²) in [6, 6.07) is 4.91. The maximum Gasteiger partial charge on any atom is 0.329 e. The van der Waals surface area contributed by atoms with Crippen LogP contribution in [0, 0.1) is 6.92 Å². The molecule has 0 spiro atoms. The molecule has 1 saturated carbocycles. The van der Waals surface area contributed by atoms with Crippen LogP contribution in [-0.4, -0.2) is 22.5 Å². The summed E-state index contributed by atoms with van der Waals surface area (Å²) in [5.74, 6) is -1.38. The molecule has 0 unspecified atom stereocenters. The van der Waals surface area contributed by atoms with Crippen LogP contribution in [-0.2, 0) is 4.79 Å². The smallest absolute Gasteiger partial charge is 0.329 e. The standard InChI is InChI=1S/C12H12ClNO3/c1-7-2-3-8(6-9(7)13)10(15)14-12(4-5-12)11(16)17/h2-3,6H,4-5H2,1H3,(H,14,15)(H,16,17). The monoisotopic (exact) mass is 253 g/mol. The molecule has 1 amide bonds. The van der Waals surface area contributed by atoms with Crippen LogP contribution in [0.5, 0.6) is 0 Å². The molecule has 0 atom stereocenters. The fraction of sp³-hybridized carbons (Fsp3) is 0.333. The van der Waals surface area contributed by atoms with Gasteiger partial charge in [-0.3, -0.25) is 4.79 Å². The Labute approximate surface area is 104 Å². The fourth-order valence-corrected chi connectivity index (χ4v) is 1.72. The van der Waals surface area contributed by atoms with E-state index < -0.39 is 17.4 Å². The highest BCUT2D eigenvalue weighted by Gasteiger charge is 2.51. The van der Waals surface area contributed by atoms with E-state index in [2.05, 4.69) is 5.32 Å². The van der Waals surface area contributed by atoms with Crippen molar-refractivity contribution in [3.63, 3.8) is 0 Å². The summed E-state index contributed by atoms with van der Waals surface area (Å²) in [4.78, 5) is 22.8. The van der Waals surface area contributed by atoms with Crippen molar-refractivity contribution in [3.05, 3.63) is 34.3 Å². The Hall–Kier alpha value is -1.55. The Bertz CT molecular complexity index is 495. The van der Waals surface area contributed by atoms with Gasteiger partial charge in [-0.1, -0.05) is 17.7 Å². The van der Waals surface area contributed by atoms with Crippen LogP contribution < -0.4 is 5.32 Å². The Morgan fingerprint density at radius 1 is 1.41 bits per heavy atom. The van der Waals surface area contributed by atoms with Gasteiger partial charge in [0.15, 0.2) is 0 Å². The lowest BCUT2D eigenvalue weighted by Gasteiger charge is -2.12. The van der Waals surface area contributed by atoms with Gasteiger partial charge in [0, 0.05) is 10.6 Å². The molecule has 0 aliphatic heterocycles. The van der Waals surface area contributed by atoms with Crippen molar-refractivity contribution in [3.8, 4) is 0 Å². The molecular weight excluding hydrogens is 242 g/mol. The van der Waals surface area contributed by atoms with Gasteiger partial charge in [-0.15, -0.1) is 0 Å². The van der Waals surface area contributed by atoms with E-state index in [0.717, 1.165) is 5.56 Å². The van der Waals surface area contributed by atoms with Gasteiger partial charge in [0.1, 0.15) is 5.54 Å². The predicted molar refractivity (Wildman–Crippen MR) is 63.3 cm³/mol. The van der Waals surface area contributed by atoms with Crippen LogP contribution >= 0.6 is 11.6 Å². The van der Waals surface area contributed by atoms with Crippen LogP contribution in [0.2, 0.25) is 5.02 Å². The molecule has 4 nitrogen and oxygen atoms in total. The topological polar surface area (TPSA) is 66.4 Å². The number of rotatable bonds is 3. The van der Waals surface area contributed by atoms with Crippen molar-refractivity contribution in [1.29, 1.82) is 0 Å². The van der Waals surface area contributed by atoms with Crippen LogP contribution in [0.15, 0.2) is 18.2 Å². The van der Waals surface area contributed by atoms with Crippen molar-refractivity contribution in [2.75, 3.05) is 0 Å². The van der Waals surface area contributed by atoms with Crippen LogP contribution in [0.25, 0.3) is 0 Å². The third kappa shape index (κ3) is 2.26. The molecule has 1 aromatic rings. The van der Waals surface area contributed by atoms with Crippen LogP contribution in [0.3, 0.4) is 0 Å². The average Bonchev–Trinajstić information content (AvgIpc) is 3.03. The predicted octanol–water partition coefficient (Wildman–Crippen LogP) is 2.00. The second-order valence-corrected chi connectivity index (χ2v) is 4.71. The first-order valence-electron chi connectivity index (χ1n) is 5.27. The number of amides is 1. The summed E-state index contributed by atoms with van der Waals surface area (Å²) in [7, 11) is 0. The number of carbonyl (C=O) groups excluding carboxylic acids is 1. The number of carbonyl (C=O) groups is 2. The molecule has 0 bridgehead atoms. The maximum atomic E-state index is 11.8.